The van der Waals surface area contributed by atoms with Gasteiger partial charge in [-0.05, 0) is 18.4 Å². The van der Waals surface area contributed by atoms with Crippen LogP contribution in [0, 0.1) is 5.92 Å². The molecule has 0 bridgehead atoms. The highest BCUT2D eigenvalue weighted by molar-refractivity contribution is 5.33. The van der Waals surface area contributed by atoms with Crippen LogP contribution in [0.3, 0.4) is 0 Å². The molecular weight excluding hydrogens is 158 g/mol. The molecular formula is C12H16N. The maximum Gasteiger partial charge on any atom is 0.0216 e. The van der Waals surface area contributed by atoms with E-state index in [0.717, 1.165) is 6.42 Å². The number of rotatable bonds is 1. The first-order chi connectivity index (χ1) is 6.38. The Balaban J connectivity index is 2.15. The second-order valence-electron chi connectivity index (χ2n) is 3.74. The van der Waals surface area contributed by atoms with E-state index in [2.05, 4.69) is 30.3 Å². The number of hydrogen-bond acceptors (Lipinski definition) is 1. The minimum atomic E-state index is 0.302. The van der Waals surface area contributed by atoms with Crippen LogP contribution in [0.1, 0.15) is 31.2 Å². The molecule has 1 aromatic rings. The van der Waals surface area contributed by atoms with Crippen molar-refractivity contribution in [1.29, 1.82) is 0 Å². The second-order valence-corrected chi connectivity index (χ2v) is 3.74. The van der Waals surface area contributed by atoms with Crippen molar-refractivity contribution in [2.75, 3.05) is 0 Å². The highest BCUT2D eigenvalue weighted by Crippen LogP contribution is 2.30. The zero-order valence-corrected chi connectivity index (χ0v) is 7.87. The average Bonchev–Trinajstić information content (AvgIpc) is 2.20. The van der Waals surface area contributed by atoms with Crippen LogP contribution in [0.15, 0.2) is 30.3 Å². The zero-order chi connectivity index (χ0) is 9.10. The van der Waals surface area contributed by atoms with Crippen molar-refractivity contribution in [1.82, 2.24) is 0 Å². The lowest BCUT2D eigenvalue weighted by Gasteiger charge is -2.28. The summed E-state index contributed by atoms with van der Waals surface area (Å²) in [7, 11) is 0. The molecule has 1 radical (unpaired) electrons. The number of hydrogen-bond donors (Lipinski definition) is 1. The van der Waals surface area contributed by atoms with Gasteiger partial charge in [-0.1, -0.05) is 43.2 Å². The van der Waals surface area contributed by atoms with E-state index < -0.39 is 0 Å². The molecule has 13 heavy (non-hydrogen) atoms. The Kier molecular flexibility index (Phi) is 2.65. The van der Waals surface area contributed by atoms with E-state index in [0.29, 0.717) is 6.04 Å². The molecule has 1 aliphatic carbocycles. The highest BCUT2D eigenvalue weighted by atomic mass is 14.7. The van der Waals surface area contributed by atoms with Gasteiger partial charge in [0, 0.05) is 12.0 Å². The minimum absolute atomic E-state index is 0.302. The lowest BCUT2D eigenvalue weighted by atomic mass is 9.80. The van der Waals surface area contributed by atoms with Crippen LogP contribution in [0.4, 0.5) is 0 Å². The summed E-state index contributed by atoms with van der Waals surface area (Å²) in [6.45, 7) is 0. The zero-order valence-electron chi connectivity index (χ0n) is 7.87. The van der Waals surface area contributed by atoms with Gasteiger partial charge in [0.05, 0.1) is 0 Å². The molecule has 1 saturated carbocycles. The predicted octanol–water partition coefficient (Wildman–Crippen LogP) is 2.51. The topological polar surface area (TPSA) is 26.0 Å². The lowest BCUT2D eigenvalue weighted by molar-refractivity contribution is 0.489. The van der Waals surface area contributed by atoms with Crippen molar-refractivity contribution in [3.63, 3.8) is 0 Å². The summed E-state index contributed by atoms with van der Waals surface area (Å²) in [6, 6.07) is 10.9. The molecule has 2 rings (SSSR count). The molecule has 1 fully saturated rings. The van der Waals surface area contributed by atoms with Gasteiger partial charge in [0.2, 0.25) is 0 Å². The molecule has 1 nitrogen and oxygen atoms in total. The van der Waals surface area contributed by atoms with Gasteiger partial charge in [0.1, 0.15) is 0 Å². The van der Waals surface area contributed by atoms with E-state index in [1.165, 1.54) is 30.7 Å². The van der Waals surface area contributed by atoms with Crippen LogP contribution >= 0.6 is 0 Å². The molecule has 0 aromatic heterocycles. The molecule has 69 valence electrons. The first kappa shape index (κ1) is 8.76. The fourth-order valence-electron chi connectivity index (χ4n) is 2.05. The van der Waals surface area contributed by atoms with Crippen molar-refractivity contribution >= 4 is 0 Å². The quantitative estimate of drug-likeness (QED) is 0.695. The van der Waals surface area contributed by atoms with E-state index in [-0.39, 0.29) is 0 Å². The fourth-order valence-corrected chi connectivity index (χ4v) is 2.05. The van der Waals surface area contributed by atoms with Gasteiger partial charge in [-0.25, -0.2) is 0 Å². The van der Waals surface area contributed by atoms with Crippen molar-refractivity contribution in [2.24, 2.45) is 5.73 Å². The third kappa shape index (κ3) is 1.92. The number of nitrogens with two attached hydrogens (primary N) is 1. The van der Waals surface area contributed by atoms with Crippen molar-refractivity contribution in [3.8, 4) is 0 Å². The van der Waals surface area contributed by atoms with Gasteiger partial charge >= 0.3 is 0 Å². The van der Waals surface area contributed by atoms with E-state index in [1.54, 1.807) is 0 Å². The molecule has 1 heteroatoms. The van der Waals surface area contributed by atoms with Gasteiger partial charge in [-0.2, -0.15) is 0 Å². The Bertz CT molecular complexity index is 255. The van der Waals surface area contributed by atoms with Crippen LogP contribution < -0.4 is 5.73 Å². The molecule has 1 aromatic carbocycles. The Labute approximate surface area is 80.0 Å². The molecule has 1 aliphatic rings. The van der Waals surface area contributed by atoms with Gasteiger partial charge in [-0.3, -0.25) is 0 Å². The van der Waals surface area contributed by atoms with Crippen LogP contribution in [0.25, 0.3) is 0 Å². The monoisotopic (exact) mass is 174 g/mol. The molecule has 1 unspecified atom stereocenters. The third-order valence-corrected chi connectivity index (χ3v) is 2.80. The van der Waals surface area contributed by atoms with Crippen LogP contribution in [-0.2, 0) is 0 Å². The molecule has 0 saturated heterocycles. The van der Waals surface area contributed by atoms with E-state index >= 15 is 0 Å². The Morgan fingerprint density at radius 3 is 2.54 bits per heavy atom. The molecule has 0 aliphatic heterocycles. The maximum absolute atomic E-state index is 6.07. The SMILES string of the molecule is NC1CCCC[C]1c1ccccc1. The van der Waals surface area contributed by atoms with Crippen LogP contribution in [0.5, 0.6) is 0 Å². The van der Waals surface area contributed by atoms with Crippen molar-refractivity contribution < 1.29 is 0 Å². The molecule has 2 N–H and O–H groups in total. The Hall–Kier alpha value is -0.820. The van der Waals surface area contributed by atoms with Crippen molar-refractivity contribution in [3.05, 3.63) is 41.8 Å². The first-order valence-corrected chi connectivity index (χ1v) is 5.04. The summed E-state index contributed by atoms with van der Waals surface area (Å²) in [5.41, 5.74) is 7.42. The van der Waals surface area contributed by atoms with Crippen LogP contribution in [0.2, 0.25) is 0 Å². The van der Waals surface area contributed by atoms with Crippen molar-refractivity contribution in [2.45, 2.75) is 31.7 Å². The minimum Gasteiger partial charge on any atom is -0.327 e. The van der Waals surface area contributed by atoms with Gasteiger partial charge < -0.3 is 5.73 Å². The maximum atomic E-state index is 6.07. The molecule has 1 atom stereocenters. The normalized spacial score (nSPS) is 24.5. The standard InChI is InChI=1S/C12H16N/c13-12-9-5-4-8-11(12)10-6-2-1-3-7-10/h1-3,6-7,12H,4-5,8-9,13H2. The van der Waals surface area contributed by atoms with Gasteiger partial charge in [0.15, 0.2) is 0 Å². The first-order valence-electron chi connectivity index (χ1n) is 5.04. The Morgan fingerprint density at radius 2 is 1.85 bits per heavy atom. The third-order valence-electron chi connectivity index (χ3n) is 2.80. The summed E-state index contributed by atoms with van der Waals surface area (Å²) < 4.78 is 0. The smallest absolute Gasteiger partial charge is 0.0216 e. The summed E-state index contributed by atoms with van der Waals surface area (Å²) in [6.07, 6.45) is 4.94. The van der Waals surface area contributed by atoms with E-state index in [1.807, 2.05) is 0 Å². The fraction of sp³-hybridized carbons (Fsp3) is 0.417. The van der Waals surface area contributed by atoms with Gasteiger partial charge in [0.25, 0.3) is 0 Å². The lowest BCUT2D eigenvalue weighted by Crippen LogP contribution is -2.31. The second kappa shape index (κ2) is 3.93. The number of benzene rings is 1. The van der Waals surface area contributed by atoms with E-state index in [9.17, 15) is 0 Å². The molecule has 0 amide bonds. The average molecular weight is 174 g/mol. The summed E-state index contributed by atoms with van der Waals surface area (Å²) >= 11 is 0. The van der Waals surface area contributed by atoms with Crippen LogP contribution in [-0.4, -0.2) is 6.04 Å². The summed E-state index contributed by atoms with van der Waals surface area (Å²) in [5, 5.41) is 0. The molecule has 0 heterocycles. The Morgan fingerprint density at radius 1 is 1.08 bits per heavy atom. The predicted molar refractivity (Wildman–Crippen MR) is 55.2 cm³/mol. The van der Waals surface area contributed by atoms with E-state index in [4.69, 9.17) is 5.73 Å². The van der Waals surface area contributed by atoms with Gasteiger partial charge in [-0.15, -0.1) is 0 Å². The largest absolute Gasteiger partial charge is 0.327 e. The summed E-state index contributed by atoms with van der Waals surface area (Å²) in [5.74, 6) is 1.45. The summed E-state index contributed by atoms with van der Waals surface area (Å²) in [4.78, 5) is 0. The highest BCUT2D eigenvalue weighted by Gasteiger charge is 2.23. The molecule has 0 spiro atoms.